The Morgan fingerprint density at radius 1 is 1.38 bits per heavy atom. The van der Waals surface area contributed by atoms with Gasteiger partial charge in [-0.1, -0.05) is 11.2 Å². The quantitative estimate of drug-likeness (QED) is 0.484. The molecule has 1 aliphatic carbocycles. The van der Waals surface area contributed by atoms with E-state index >= 15 is 4.39 Å². The smallest absolute Gasteiger partial charge is 0.274 e. The van der Waals surface area contributed by atoms with Crippen LogP contribution < -0.4 is 10.1 Å². The van der Waals surface area contributed by atoms with E-state index in [1.165, 1.54) is 31.5 Å². The van der Waals surface area contributed by atoms with Crippen LogP contribution >= 0.6 is 0 Å². The molecule has 1 amide bonds. The first-order chi connectivity index (χ1) is 15.4. The molecule has 1 N–H and O–H groups in total. The van der Waals surface area contributed by atoms with Gasteiger partial charge in [0.15, 0.2) is 5.82 Å². The zero-order valence-electron chi connectivity index (χ0n) is 16.7. The van der Waals surface area contributed by atoms with E-state index in [4.69, 9.17) is 9.26 Å². The number of imidazole rings is 1. The molecular formula is C21H16F3N5O3. The van der Waals surface area contributed by atoms with Gasteiger partial charge in [-0.05, 0) is 18.2 Å². The number of pyridine rings is 1. The van der Waals surface area contributed by atoms with E-state index in [-0.39, 0.29) is 41.5 Å². The molecule has 1 saturated carbocycles. The van der Waals surface area contributed by atoms with Gasteiger partial charge in [-0.3, -0.25) is 9.20 Å². The molecule has 4 aromatic rings. The molecule has 0 spiro atoms. The number of methoxy groups -OCH3 is 1. The van der Waals surface area contributed by atoms with Gasteiger partial charge in [-0.25, -0.2) is 18.2 Å². The molecule has 1 aromatic carbocycles. The monoisotopic (exact) mass is 443 g/mol. The van der Waals surface area contributed by atoms with Gasteiger partial charge in [0.2, 0.25) is 11.7 Å². The maximum atomic E-state index is 15.1. The molecule has 5 rings (SSSR count). The summed E-state index contributed by atoms with van der Waals surface area (Å²) < 4.78 is 53.0. The van der Waals surface area contributed by atoms with Gasteiger partial charge in [0.05, 0.1) is 24.6 Å². The third kappa shape index (κ3) is 3.55. The van der Waals surface area contributed by atoms with Gasteiger partial charge < -0.3 is 14.6 Å². The van der Waals surface area contributed by atoms with Crippen LogP contribution in [0.1, 0.15) is 22.8 Å². The van der Waals surface area contributed by atoms with E-state index in [9.17, 15) is 13.6 Å². The minimum absolute atomic E-state index is 0.0113. The summed E-state index contributed by atoms with van der Waals surface area (Å²) in [5, 5.41) is 6.21. The van der Waals surface area contributed by atoms with E-state index in [2.05, 4.69) is 20.4 Å². The minimum atomic E-state index is -2.72. The fourth-order valence-corrected chi connectivity index (χ4v) is 3.39. The Morgan fingerprint density at radius 2 is 2.19 bits per heavy atom. The number of rotatable bonds is 6. The Labute approximate surface area is 179 Å². The average molecular weight is 443 g/mol. The molecule has 11 heteroatoms. The number of nitrogens with zero attached hydrogens (tertiary/aromatic N) is 4. The predicted molar refractivity (Wildman–Crippen MR) is 106 cm³/mol. The zero-order chi connectivity index (χ0) is 22.5. The summed E-state index contributed by atoms with van der Waals surface area (Å²) in [6, 6.07) is 7.63. The van der Waals surface area contributed by atoms with Gasteiger partial charge in [0.1, 0.15) is 17.1 Å². The first-order valence-corrected chi connectivity index (χ1v) is 9.67. The van der Waals surface area contributed by atoms with E-state index in [0.717, 1.165) is 0 Å². The van der Waals surface area contributed by atoms with Crippen molar-refractivity contribution in [2.24, 2.45) is 5.92 Å². The number of hydrogen-bond donors (Lipinski definition) is 1. The number of fused-ring (bicyclic) bond motifs is 1. The van der Waals surface area contributed by atoms with Crippen LogP contribution in [0.5, 0.6) is 5.75 Å². The topological polar surface area (TPSA) is 94.6 Å². The summed E-state index contributed by atoms with van der Waals surface area (Å²) in [7, 11) is 1.52. The molecule has 3 aromatic heterocycles. The largest absolute Gasteiger partial charge is 0.497 e. The highest BCUT2D eigenvalue weighted by Crippen LogP contribution is 2.50. The second-order valence-electron chi connectivity index (χ2n) is 7.44. The van der Waals surface area contributed by atoms with Crippen LogP contribution in [0.4, 0.5) is 18.9 Å². The number of ether oxygens (including phenoxy) is 1. The van der Waals surface area contributed by atoms with Crippen LogP contribution in [0.3, 0.4) is 0 Å². The van der Waals surface area contributed by atoms with Crippen LogP contribution in [0, 0.1) is 11.7 Å². The van der Waals surface area contributed by atoms with Crippen molar-refractivity contribution in [2.75, 3.05) is 12.4 Å². The highest BCUT2D eigenvalue weighted by atomic mass is 19.3. The molecule has 0 saturated heterocycles. The number of halogens is 3. The number of carbonyl (C=O) groups excluding carboxylic acids is 1. The summed E-state index contributed by atoms with van der Waals surface area (Å²) in [5.74, 6) is -4.40. The molecule has 0 unspecified atom stereocenters. The Balaban J connectivity index is 1.37. The van der Waals surface area contributed by atoms with E-state index in [0.29, 0.717) is 11.4 Å². The first kappa shape index (κ1) is 20.0. The van der Waals surface area contributed by atoms with Crippen molar-refractivity contribution >= 4 is 17.2 Å². The highest BCUT2D eigenvalue weighted by molar-refractivity contribution is 6.03. The molecular weight excluding hydrogens is 427 g/mol. The summed E-state index contributed by atoms with van der Waals surface area (Å²) >= 11 is 0. The van der Waals surface area contributed by atoms with Crippen molar-refractivity contribution in [1.29, 1.82) is 0 Å². The second kappa shape index (κ2) is 7.36. The third-order valence-electron chi connectivity index (χ3n) is 5.29. The highest BCUT2D eigenvalue weighted by Gasteiger charge is 2.57. The van der Waals surface area contributed by atoms with Gasteiger partial charge in [0.25, 0.3) is 11.8 Å². The van der Waals surface area contributed by atoms with Crippen LogP contribution in [0.2, 0.25) is 0 Å². The van der Waals surface area contributed by atoms with Gasteiger partial charge >= 0.3 is 0 Å². The Bertz CT molecular complexity index is 1330. The number of carbonyl (C=O) groups is 1. The minimum Gasteiger partial charge on any atom is -0.497 e. The van der Waals surface area contributed by atoms with Crippen LogP contribution in [0.25, 0.3) is 17.0 Å². The summed E-state index contributed by atoms with van der Waals surface area (Å²) in [6.07, 6.45) is 2.69. The molecule has 1 atom stereocenters. The molecule has 1 fully saturated rings. The third-order valence-corrected chi connectivity index (χ3v) is 5.29. The van der Waals surface area contributed by atoms with Crippen LogP contribution in [-0.4, -0.2) is 38.5 Å². The number of amides is 1. The van der Waals surface area contributed by atoms with Crippen molar-refractivity contribution in [2.45, 2.75) is 18.8 Å². The zero-order valence-corrected chi connectivity index (χ0v) is 16.7. The number of nitrogens with one attached hydrogen (secondary N) is 1. The average Bonchev–Trinajstić information content (AvgIpc) is 3.15. The predicted octanol–water partition coefficient (Wildman–Crippen LogP) is 3.98. The fraction of sp³-hybridized carbons (Fsp3) is 0.238. The number of aromatic nitrogens is 4. The van der Waals surface area contributed by atoms with Crippen molar-refractivity contribution in [3.8, 4) is 17.1 Å². The van der Waals surface area contributed by atoms with Crippen LogP contribution in [0.15, 0.2) is 47.2 Å². The molecule has 0 aliphatic heterocycles. The lowest BCUT2D eigenvalue weighted by Crippen LogP contribution is -2.15. The summed E-state index contributed by atoms with van der Waals surface area (Å²) in [4.78, 5) is 20.9. The van der Waals surface area contributed by atoms with Crippen molar-refractivity contribution < 1.29 is 27.2 Å². The van der Waals surface area contributed by atoms with Gasteiger partial charge in [-0.2, -0.15) is 4.98 Å². The number of alkyl halides is 2. The lowest BCUT2D eigenvalue weighted by Gasteiger charge is -2.08. The maximum Gasteiger partial charge on any atom is 0.274 e. The van der Waals surface area contributed by atoms with Gasteiger partial charge in [0, 0.05) is 31.0 Å². The van der Waals surface area contributed by atoms with E-state index in [1.807, 2.05) is 0 Å². The lowest BCUT2D eigenvalue weighted by atomic mass is 10.1. The first-order valence-electron chi connectivity index (χ1n) is 9.67. The Hall–Kier alpha value is -3.89. The molecule has 0 bridgehead atoms. The summed E-state index contributed by atoms with van der Waals surface area (Å²) in [5.41, 5.74) is 0.559. The number of benzene rings is 1. The Morgan fingerprint density at radius 3 is 2.94 bits per heavy atom. The van der Waals surface area contributed by atoms with Gasteiger partial charge in [-0.15, -0.1) is 0 Å². The molecule has 32 heavy (non-hydrogen) atoms. The number of hydrogen-bond acceptors (Lipinski definition) is 6. The SMILES string of the molecule is COc1ccn2c(C(=O)Nc3cccc(-c4noc(C[C@@H]5CC5(F)F)n4)c3F)cnc2c1. The van der Waals surface area contributed by atoms with Crippen LogP contribution in [-0.2, 0) is 6.42 Å². The number of anilines is 1. The molecule has 1 aliphatic rings. The van der Waals surface area contributed by atoms with Crippen molar-refractivity contribution in [3.05, 3.63) is 60.1 Å². The Kier molecular flexibility index (Phi) is 4.61. The maximum absolute atomic E-state index is 15.1. The van der Waals surface area contributed by atoms with E-state index < -0.39 is 23.6 Å². The molecule has 3 heterocycles. The normalized spacial score (nSPS) is 16.8. The van der Waals surface area contributed by atoms with Crippen molar-refractivity contribution in [1.82, 2.24) is 19.5 Å². The second-order valence-corrected chi connectivity index (χ2v) is 7.44. The molecule has 8 nitrogen and oxygen atoms in total. The molecule has 0 radical (unpaired) electrons. The standard InChI is InChI=1S/C21H16F3N5O3/c1-31-12-5-6-29-15(10-25-16(29)8-12)20(30)26-14-4-2-3-13(18(14)22)19-27-17(32-28-19)7-11-9-21(11,23)24/h2-6,8,10-11H,7,9H2,1H3,(H,26,30)/t11-/m1/s1. The van der Waals surface area contributed by atoms with Crippen molar-refractivity contribution in [3.63, 3.8) is 0 Å². The summed E-state index contributed by atoms with van der Waals surface area (Å²) in [6.45, 7) is 0. The molecule has 164 valence electrons. The lowest BCUT2D eigenvalue weighted by molar-refractivity contribution is 0.0969. The van der Waals surface area contributed by atoms with E-state index in [1.54, 1.807) is 22.7 Å². The fourth-order valence-electron chi connectivity index (χ4n) is 3.39.